The van der Waals surface area contributed by atoms with Crippen molar-refractivity contribution in [1.29, 1.82) is 0 Å². The summed E-state index contributed by atoms with van der Waals surface area (Å²) in [7, 11) is 0. The van der Waals surface area contributed by atoms with E-state index in [1.807, 2.05) is 0 Å². The minimum absolute atomic E-state index is 0.00607. The molecule has 2 aliphatic carbocycles. The molecule has 1 nitrogen and oxygen atoms in total. The van der Waals surface area contributed by atoms with Crippen molar-refractivity contribution in [1.82, 2.24) is 0 Å². The highest BCUT2D eigenvalue weighted by Gasteiger charge is 2.62. The van der Waals surface area contributed by atoms with Crippen LogP contribution in [-0.4, -0.2) is 5.11 Å². The first-order valence-corrected chi connectivity index (χ1v) is 9.62. The first-order valence-electron chi connectivity index (χ1n) is 9.62. The fourth-order valence-electron chi connectivity index (χ4n) is 4.88. The fourth-order valence-corrected chi connectivity index (χ4v) is 4.88. The van der Waals surface area contributed by atoms with Crippen molar-refractivity contribution < 1.29 is 5.11 Å². The van der Waals surface area contributed by atoms with E-state index in [1.165, 1.54) is 28.7 Å². The topological polar surface area (TPSA) is 20.2 Å². The van der Waals surface area contributed by atoms with E-state index < -0.39 is 0 Å². The third-order valence-corrected chi connectivity index (χ3v) is 6.59. The second kappa shape index (κ2) is 6.05. The van der Waals surface area contributed by atoms with E-state index in [-0.39, 0.29) is 5.41 Å². The van der Waals surface area contributed by atoms with Crippen LogP contribution in [0.5, 0.6) is 0 Å². The van der Waals surface area contributed by atoms with Gasteiger partial charge in [-0.1, -0.05) is 75.4 Å². The van der Waals surface area contributed by atoms with Gasteiger partial charge >= 0.3 is 0 Å². The number of rotatable bonds is 3. The minimum atomic E-state index is 0.00607. The molecule has 2 aromatic carbocycles. The Labute approximate surface area is 151 Å². The molecular formula is C24H28O. The summed E-state index contributed by atoms with van der Waals surface area (Å²) in [5.41, 5.74) is 5.20. The zero-order chi connectivity index (χ0) is 17.6. The summed E-state index contributed by atoms with van der Waals surface area (Å²) in [4.78, 5) is 0. The Balaban J connectivity index is 1.63. The standard InChI is InChI=1S/C24H28O/c1-16(2)21-14-9-17(3)24(23(21)25)15-22(24)20-12-10-19(11-13-20)18-7-5-4-6-8-18/h4-8,10-13,16-17,22,25H,9,14-15H2,1-3H3/t17-,22-,24-/m1/s1. The van der Waals surface area contributed by atoms with Crippen LogP contribution < -0.4 is 0 Å². The molecule has 3 atom stereocenters. The van der Waals surface area contributed by atoms with Crippen LogP contribution >= 0.6 is 0 Å². The summed E-state index contributed by atoms with van der Waals surface area (Å²) in [6, 6.07) is 19.5. The van der Waals surface area contributed by atoms with Gasteiger partial charge in [0.15, 0.2) is 0 Å². The average Bonchev–Trinajstić information content (AvgIpc) is 3.38. The quantitative estimate of drug-likeness (QED) is 0.661. The molecule has 1 spiro atoms. The smallest absolute Gasteiger partial charge is 0.0987 e. The van der Waals surface area contributed by atoms with Crippen molar-refractivity contribution in [3.63, 3.8) is 0 Å². The molecule has 1 N–H and O–H groups in total. The molecule has 1 heteroatoms. The summed E-state index contributed by atoms with van der Waals surface area (Å²) in [5, 5.41) is 11.0. The van der Waals surface area contributed by atoms with Crippen molar-refractivity contribution in [2.75, 3.05) is 0 Å². The van der Waals surface area contributed by atoms with E-state index in [9.17, 15) is 5.11 Å². The SMILES string of the molecule is CC(C)C1=C(O)[C@]2(C[C@@H]2c2ccc(-c3ccccc3)cc2)[C@H](C)CC1. The van der Waals surface area contributed by atoms with Gasteiger partial charge in [0.1, 0.15) is 0 Å². The van der Waals surface area contributed by atoms with E-state index >= 15 is 0 Å². The third-order valence-electron chi connectivity index (χ3n) is 6.59. The average molecular weight is 332 g/mol. The molecule has 0 aliphatic heterocycles. The first-order chi connectivity index (χ1) is 12.0. The summed E-state index contributed by atoms with van der Waals surface area (Å²) in [6.07, 6.45) is 3.36. The van der Waals surface area contributed by atoms with E-state index in [1.54, 1.807) is 0 Å². The van der Waals surface area contributed by atoms with Crippen LogP contribution in [-0.2, 0) is 0 Å². The van der Waals surface area contributed by atoms with Crippen LogP contribution in [0.25, 0.3) is 11.1 Å². The van der Waals surface area contributed by atoms with E-state index in [2.05, 4.69) is 75.4 Å². The minimum Gasteiger partial charge on any atom is -0.512 e. The number of hydrogen-bond acceptors (Lipinski definition) is 1. The van der Waals surface area contributed by atoms with Gasteiger partial charge in [0.05, 0.1) is 5.76 Å². The Morgan fingerprint density at radius 2 is 1.60 bits per heavy atom. The van der Waals surface area contributed by atoms with Crippen molar-refractivity contribution in [3.8, 4) is 11.1 Å². The zero-order valence-corrected chi connectivity index (χ0v) is 15.5. The lowest BCUT2D eigenvalue weighted by molar-refractivity contribution is 0.204. The molecule has 0 unspecified atom stereocenters. The molecule has 0 saturated heterocycles. The molecular weight excluding hydrogens is 304 g/mol. The highest BCUT2D eigenvalue weighted by Crippen LogP contribution is 2.70. The van der Waals surface area contributed by atoms with Gasteiger partial charge in [-0.2, -0.15) is 0 Å². The molecule has 0 amide bonds. The Bertz CT molecular complexity index is 785. The lowest BCUT2D eigenvalue weighted by atomic mass is 9.73. The molecule has 2 aromatic rings. The summed E-state index contributed by atoms with van der Waals surface area (Å²) >= 11 is 0. The van der Waals surface area contributed by atoms with Gasteiger partial charge in [-0.05, 0) is 59.3 Å². The lowest BCUT2D eigenvalue weighted by Crippen LogP contribution is -2.25. The van der Waals surface area contributed by atoms with Gasteiger partial charge < -0.3 is 5.11 Å². The zero-order valence-electron chi connectivity index (χ0n) is 15.5. The highest BCUT2D eigenvalue weighted by molar-refractivity contribution is 5.63. The molecule has 1 saturated carbocycles. The van der Waals surface area contributed by atoms with Gasteiger partial charge in [0.2, 0.25) is 0 Å². The maximum absolute atomic E-state index is 11.0. The Morgan fingerprint density at radius 1 is 0.960 bits per heavy atom. The molecule has 0 heterocycles. The van der Waals surface area contributed by atoms with Crippen LogP contribution in [0.15, 0.2) is 65.9 Å². The molecule has 130 valence electrons. The van der Waals surface area contributed by atoms with Crippen LogP contribution in [0.1, 0.15) is 51.5 Å². The van der Waals surface area contributed by atoms with Gasteiger partial charge in [-0.3, -0.25) is 0 Å². The van der Waals surface area contributed by atoms with Crippen LogP contribution in [0.3, 0.4) is 0 Å². The molecule has 25 heavy (non-hydrogen) atoms. The maximum Gasteiger partial charge on any atom is 0.0987 e. The predicted octanol–water partition coefficient (Wildman–Crippen LogP) is 6.73. The van der Waals surface area contributed by atoms with Crippen LogP contribution in [0.4, 0.5) is 0 Å². The number of benzene rings is 2. The molecule has 1 fully saturated rings. The summed E-state index contributed by atoms with van der Waals surface area (Å²) < 4.78 is 0. The van der Waals surface area contributed by atoms with E-state index in [4.69, 9.17) is 0 Å². The Hall–Kier alpha value is -2.02. The van der Waals surface area contributed by atoms with Crippen molar-refractivity contribution in [2.45, 2.75) is 46.0 Å². The Kier molecular flexibility index (Phi) is 3.98. The van der Waals surface area contributed by atoms with Gasteiger partial charge in [0, 0.05) is 5.41 Å². The molecule has 0 radical (unpaired) electrons. The Morgan fingerprint density at radius 3 is 2.24 bits per heavy atom. The monoisotopic (exact) mass is 332 g/mol. The molecule has 0 aromatic heterocycles. The summed E-state index contributed by atoms with van der Waals surface area (Å²) in [5.74, 6) is 2.21. The number of aliphatic hydroxyl groups is 1. The van der Waals surface area contributed by atoms with Crippen molar-refractivity contribution >= 4 is 0 Å². The number of hydrogen-bond donors (Lipinski definition) is 1. The van der Waals surface area contributed by atoms with Crippen molar-refractivity contribution in [2.24, 2.45) is 17.3 Å². The maximum atomic E-state index is 11.0. The second-order valence-electron chi connectivity index (χ2n) is 8.25. The van der Waals surface area contributed by atoms with Crippen LogP contribution in [0.2, 0.25) is 0 Å². The predicted molar refractivity (Wildman–Crippen MR) is 105 cm³/mol. The number of allylic oxidation sites excluding steroid dienone is 2. The largest absolute Gasteiger partial charge is 0.512 e. The normalized spacial score (nSPS) is 28.6. The molecule has 2 aliphatic rings. The van der Waals surface area contributed by atoms with Crippen molar-refractivity contribution in [3.05, 3.63) is 71.5 Å². The van der Waals surface area contributed by atoms with Gasteiger partial charge in [-0.15, -0.1) is 0 Å². The lowest BCUT2D eigenvalue weighted by Gasteiger charge is -2.33. The third kappa shape index (κ3) is 2.61. The van der Waals surface area contributed by atoms with Gasteiger partial charge in [0.25, 0.3) is 0 Å². The fraction of sp³-hybridized carbons (Fsp3) is 0.417. The van der Waals surface area contributed by atoms with Gasteiger partial charge in [-0.25, -0.2) is 0 Å². The van der Waals surface area contributed by atoms with Crippen LogP contribution in [0, 0.1) is 17.3 Å². The summed E-state index contributed by atoms with van der Waals surface area (Å²) in [6.45, 7) is 6.74. The molecule has 0 bridgehead atoms. The highest BCUT2D eigenvalue weighted by atomic mass is 16.3. The second-order valence-corrected chi connectivity index (χ2v) is 8.25. The van der Waals surface area contributed by atoms with E-state index in [0.29, 0.717) is 17.8 Å². The first kappa shape index (κ1) is 16.4. The van der Waals surface area contributed by atoms with E-state index in [0.717, 1.165) is 18.6 Å². The molecule has 4 rings (SSSR count). The number of aliphatic hydroxyl groups excluding tert-OH is 1.